The van der Waals surface area contributed by atoms with E-state index >= 15 is 0 Å². The molecule has 2 saturated heterocycles. The van der Waals surface area contributed by atoms with E-state index in [1.54, 1.807) is 29.2 Å². The third kappa shape index (κ3) is 3.19. The van der Waals surface area contributed by atoms with Crippen molar-refractivity contribution in [3.8, 4) is 0 Å². The number of benzene rings is 1. The summed E-state index contributed by atoms with van der Waals surface area (Å²) in [6.07, 6.45) is 0.360. The maximum Gasteiger partial charge on any atom is 0.334 e. The monoisotopic (exact) mass is 318 g/mol. The number of rotatable bonds is 3. The Morgan fingerprint density at radius 2 is 2.09 bits per heavy atom. The molecule has 0 spiro atoms. The van der Waals surface area contributed by atoms with Crippen LogP contribution in [-0.2, 0) is 14.3 Å². The quantitative estimate of drug-likeness (QED) is 0.888. The van der Waals surface area contributed by atoms with E-state index in [1.165, 1.54) is 4.90 Å². The van der Waals surface area contributed by atoms with E-state index in [2.05, 4.69) is 0 Å². The highest BCUT2D eigenvalue weighted by Gasteiger charge is 2.30. The molecule has 0 bridgehead atoms. The number of ether oxygens (including phenoxy) is 1. The highest BCUT2D eigenvalue weighted by Crippen LogP contribution is 2.23. The van der Waals surface area contributed by atoms with Crippen molar-refractivity contribution in [3.63, 3.8) is 0 Å². The normalized spacial score (nSPS) is 21.6. The van der Waals surface area contributed by atoms with E-state index in [4.69, 9.17) is 9.84 Å². The first kappa shape index (κ1) is 15.5. The van der Waals surface area contributed by atoms with Gasteiger partial charge in [0.15, 0.2) is 6.10 Å². The summed E-state index contributed by atoms with van der Waals surface area (Å²) in [5.74, 6) is -1.25. The molecule has 7 nitrogen and oxygen atoms in total. The molecule has 1 unspecified atom stereocenters. The van der Waals surface area contributed by atoms with Gasteiger partial charge < -0.3 is 19.6 Å². The van der Waals surface area contributed by atoms with Crippen LogP contribution in [0, 0.1) is 0 Å². The number of nitrogens with zero attached hydrogens (tertiary/aromatic N) is 2. The van der Waals surface area contributed by atoms with Crippen LogP contribution in [0.5, 0.6) is 0 Å². The molecule has 2 amide bonds. The predicted octanol–water partition coefficient (Wildman–Crippen LogP) is 0.739. The molecule has 3 rings (SSSR count). The van der Waals surface area contributed by atoms with Gasteiger partial charge in [-0.25, -0.2) is 4.79 Å². The van der Waals surface area contributed by atoms with Gasteiger partial charge in [0.05, 0.1) is 13.2 Å². The largest absolute Gasteiger partial charge is 0.479 e. The zero-order valence-corrected chi connectivity index (χ0v) is 12.6. The van der Waals surface area contributed by atoms with Gasteiger partial charge in [-0.3, -0.25) is 9.59 Å². The number of carboxylic acid groups (broad SMARTS) is 1. The average molecular weight is 318 g/mol. The van der Waals surface area contributed by atoms with Crippen molar-refractivity contribution in [1.82, 2.24) is 4.90 Å². The summed E-state index contributed by atoms with van der Waals surface area (Å²) in [5, 5.41) is 9.02. The van der Waals surface area contributed by atoms with Crippen LogP contribution in [-0.4, -0.2) is 60.1 Å². The van der Waals surface area contributed by atoms with Gasteiger partial charge in [-0.05, 0) is 24.6 Å². The molecule has 0 saturated carbocycles. The lowest BCUT2D eigenvalue weighted by Gasteiger charge is -2.31. The van der Waals surface area contributed by atoms with E-state index in [1.807, 2.05) is 0 Å². The van der Waals surface area contributed by atoms with Gasteiger partial charge in [0.2, 0.25) is 5.91 Å². The van der Waals surface area contributed by atoms with Crippen molar-refractivity contribution in [2.75, 3.05) is 31.1 Å². The molecule has 2 aliphatic heterocycles. The van der Waals surface area contributed by atoms with E-state index < -0.39 is 12.1 Å². The smallest absolute Gasteiger partial charge is 0.334 e. The second kappa shape index (κ2) is 6.37. The number of carbonyl (C=O) groups excluding carboxylic acids is 2. The van der Waals surface area contributed by atoms with Crippen LogP contribution in [0.1, 0.15) is 23.2 Å². The fraction of sp³-hybridized carbons (Fsp3) is 0.438. The molecule has 0 aliphatic carbocycles. The predicted molar refractivity (Wildman–Crippen MR) is 81.3 cm³/mol. The van der Waals surface area contributed by atoms with Crippen molar-refractivity contribution >= 4 is 23.5 Å². The maximum absolute atomic E-state index is 12.6. The van der Waals surface area contributed by atoms with Gasteiger partial charge in [0, 0.05) is 30.8 Å². The highest BCUT2D eigenvalue weighted by molar-refractivity contribution is 5.99. The van der Waals surface area contributed by atoms with Crippen LogP contribution in [0.15, 0.2) is 24.3 Å². The molecule has 1 aromatic carbocycles. The third-order valence-corrected chi connectivity index (χ3v) is 4.11. The minimum atomic E-state index is -1.07. The fourth-order valence-corrected chi connectivity index (χ4v) is 2.89. The molecule has 0 radical (unpaired) electrons. The molecule has 1 N–H and O–H groups in total. The van der Waals surface area contributed by atoms with E-state index in [-0.39, 0.29) is 25.0 Å². The van der Waals surface area contributed by atoms with Crippen LogP contribution < -0.4 is 4.90 Å². The number of hydrogen-bond acceptors (Lipinski definition) is 4. The second-order valence-corrected chi connectivity index (χ2v) is 5.65. The zero-order valence-electron chi connectivity index (χ0n) is 12.6. The lowest BCUT2D eigenvalue weighted by Crippen LogP contribution is -2.48. The number of aliphatic carboxylic acids is 1. The first-order valence-electron chi connectivity index (χ1n) is 7.60. The molecule has 2 heterocycles. The Labute approximate surface area is 133 Å². The molecule has 2 aliphatic rings. The molecule has 23 heavy (non-hydrogen) atoms. The van der Waals surface area contributed by atoms with Gasteiger partial charge in [0.25, 0.3) is 5.91 Å². The highest BCUT2D eigenvalue weighted by atomic mass is 16.5. The number of amides is 2. The topological polar surface area (TPSA) is 87.2 Å². The first-order chi connectivity index (χ1) is 11.1. The molecule has 1 atom stereocenters. The van der Waals surface area contributed by atoms with Crippen LogP contribution in [0.3, 0.4) is 0 Å². The summed E-state index contributed by atoms with van der Waals surface area (Å²) in [7, 11) is 0. The SMILES string of the molecule is O=C(O)C1CN(C(=O)c2cccc(N3CCCC3=O)c2)CCO1. The van der Waals surface area contributed by atoms with Gasteiger partial charge in [-0.15, -0.1) is 0 Å². The van der Waals surface area contributed by atoms with Gasteiger partial charge in [-0.1, -0.05) is 6.07 Å². The number of carbonyl (C=O) groups is 3. The first-order valence-corrected chi connectivity index (χ1v) is 7.60. The Balaban J connectivity index is 1.77. The van der Waals surface area contributed by atoms with E-state index in [0.717, 1.165) is 6.42 Å². The molecule has 0 aromatic heterocycles. The standard InChI is InChI=1S/C16H18N2O5/c19-14-5-2-6-18(14)12-4-1-3-11(9-12)15(20)17-7-8-23-13(10-17)16(21)22/h1,3-4,9,13H,2,5-8,10H2,(H,21,22). The summed E-state index contributed by atoms with van der Waals surface area (Å²) in [4.78, 5) is 38.6. The molecule has 1 aromatic rings. The molecular weight excluding hydrogens is 300 g/mol. The van der Waals surface area contributed by atoms with Crippen LogP contribution in [0.4, 0.5) is 5.69 Å². The Morgan fingerprint density at radius 1 is 1.26 bits per heavy atom. The maximum atomic E-state index is 12.6. The van der Waals surface area contributed by atoms with E-state index in [9.17, 15) is 14.4 Å². The Hall–Kier alpha value is -2.41. The van der Waals surface area contributed by atoms with Crippen LogP contribution in [0.25, 0.3) is 0 Å². The second-order valence-electron chi connectivity index (χ2n) is 5.65. The summed E-state index contributed by atoms with van der Waals surface area (Å²) >= 11 is 0. The summed E-state index contributed by atoms with van der Waals surface area (Å²) in [5.41, 5.74) is 1.16. The Bertz CT molecular complexity index is 645. The van der Waals surface area contributed by atoms with Crippen molar-refractivity contribution in [2.45, 2.75) is 18.9 Å². The Kier molecular flexibility index (Phi) is 4.29. The summed E-state index contributed by atoms with van der Waals surface area (Å²) in [6.45, 7) is 1.25. The zero-order chi connectivity index (χ0) is 16.4. The number of morpholine rings is 1. The lowest BCUT2D eigenvalue weighted by molar-refractivity contribution is -0.154. The van der Waals surface area contributed by atoms with Gasteiger partial charge in [-0.2, -0.15) is 0 Å². The van der Waals surface area contributed by atoms with Crippen LogP contribution in [0.2, 0.25) is 0 Å². The van der Waals surface area contributed by atoms with Gasteiger partial charge in [0.1, 0.15) is 0 Å². The summed E-state index contributed by atoms with van der Waals surface area (Å²) < 4.78 is 5.13. The molecular formula is C16H18N2O5. The van der Waals surface area contributed by atoms with E-state index in [0.29, 0.717) is 30.8 Å². The third-order valence-electron chi connectivity index (χ3n) is 4.11. The molecule has 2 fully saturated rings. The minimum Gasteiger partial charge on any atom is -0.479 e. The van der Waals surface area contributed by atoms with Gasteiger partial charge >= 0.3 is 5.97 Å². The Morgan fingerprint density at radius 3 is 2.78 bits per heavy atom. The minimum absolute atomic E-state index is 0.0288. The molecule has 7 heteroatoms. The van der Waals surface area contributed by atoms with Crippen molar-refractivity contribution < 1.29 is 24.2 Å². The summed E-state index contributed by atoms with van der Waals surface area (Å²) in [6, 6.07) is 6.91. The average Bonchev–Trinajstić information content (AvgIpc) is 3.00. The van der Waals surface area contributed by atoms with Crippen LogP contribution >= 0.6 is 0 Å². The van der Waals surface area contributed by atoms with Crippen molar-refractivity contribution in [1.29, 1.82) is 0 Å². The lowest BCUT2D eigenvalue weighted by atomic mass is 10.1. The number of hydrogen-bond donors (Lipinski definition) is 1. The number of anilines is 1. The fourth-order valence-electron chi connectivity index (χ4n) is 2.89. The number of carboxylic acids is 1. The van der Waals surface area contributed by atoms with Crippen molar-refractivity contribution in [2.24, 2.45) is 0 Å². The van der Waals surface area contributed by atoms with Crippen molar-refractivity contribution in [3.05, 3.63) is 29.8 Å². The molecule has 122 valence electrons.